The predicted octanol–water partition coefficient (Wildman–Crippen LogP) is -2.03. The minimum absolute atomic E-state index is 0.0934. The van der Waals surface area contributed by atoms with E-state index in [1.54, 1.807) is 7.05 Å². The zero-order chi connectivity index (χ0) is 32.8. The molecule has 1 aromatic rings. The lowest BCUT2D eigenvalue weighted by atomic mass is 10.0. The Morgan fingerprint density at radius 3 is 2.55 bits per heavy atom. The number of benzene rings is 1. The summed E-state index contributed by atoms with van der Waals surface area (Å²) >= 11 is 0. The molecule has 0 bridgehead atoms. The smallest absolute Gasteiger partial charge is 0.341 e. The molecule has 9 N–H and O–H groups in total. The number of para-hydroxylation sites is 1. The Hall–Kier alpha value is -4.32. The SMILES string of the molecule is CNC(CCCN(O)C(=O)CCNC(=O)[C@H](C)NC(=O)[C@H](N)COC(=O)c1ccccc1O)C(=O)N[C@H]1CCCN(O)C1=O. The summed E-state index contributed by atoms with van der Waals surface area (Å²) in [7, 11) is 1.56. The van der Waals surface area contributed by atoms with Crippen LogP contribution in [0.2, 0.25) is 0 Å². The van der Waals surface area contributed by atoms with E-state index < -0.39 is 66.3 Å². The number of rotatable bonds is 16. The van der Waals surface area contributed by atoms with E-state index in [4.69, 9.17) is 10.5 Å². The number of carbonyl (C=O) groups excluding carboxylic acids is 6. The molecule has 0 aliphatic carbocycles. The number of likely N-dealkylation sites (N-methyl/N-ethyl adjacent to an activating group) is 1. The van der Waals surface area contributed by atoms with E-state index in [0.29, 0.717) is 23.0 Å². The van der Waals surface area contributed by atoms with Gasteiger partial charge in [-0.1, -0.05) is 12.1 Å². The lowest BCUT2D eigenvalue weighted by molar-refractivity contribution is -0.173. The number of ether oxygens (including phenoxy) is 1. The number of phenols is 1. The van der Waals surface area contributed by atoms with Crippen molar-refractivity contribution in [2.45, 2.75) is 63.2 Å². The number of hydroxylamine groups is 4. The number of nitrogens with one attached hydrogen (secondary N) is 4. The average Bonchev–Trinajstić information content (AvgIpc) is 2.99. The number of esters is 1. The molecule has 1 unspecified atom stereocenters. The monoisotopic (exact) mass is 623 g/mol. The largest absolute Gasteiger partial charge is 0.507 e. The van der Waals surface area contributed by atoms with Crippen LogP contribution in [-0.2, 0) is 28.7 Å². The number of piperidine rings is 1. The number of carbonyl (C=O) groups is 6. The summed E-state index contributed by atoms with van der Waals surface area (Å²) in [6.07, 6.45) is 1.18. The highest BCUT2D eigenvalue weighted by atomic mass is 16.5. The molecule has 1 aromatic carbocycles. The van der Waals surface area contributed by atoms with Gasteiger partial charge in [0, 0.05) is 26.1 Å². The van der Waals surface area contributed by atoms with Crippen molar-refractivity contribution in [1.29, 1.82) is 0 Å². The van der Waals surface area contributed by atoms with Crippen molar-refractivity contribution < 1.29 is 49.0 Å². The van der Waals surface area contributed by atoms with Gasteiger partial charge >= 0.3 is 5.97 Å². The maximum absolute atomic E-state index is 12.5. The van der Waals surface area contributed by atoms with Crippen LogP contribution in [0.3, 0.4) is 0 Å². The van der Waals surface area contributed by atoms with Gasteiger partial charge in [0.25, 0.3) is 5.91 Å². The molecule has 17 heteroatoms. The first-order chi connectivity index (χ1) is 20.8. The zero-order valence-corrected chi connectivity index (χ0v) is 24.7. The molecule has 244 valence electrons. The van der Waals surface area contributed by atoms with Crippen molar-refractivity contribution >= 4 is 35.5 Å². The molecule has 1 fully saturated rings. The molecular formula is C27H41N7O10. The van der Waals surface area contributed by atoms with Crippen LogP contribution in [-0.4, -0.2) is 119 Å². The molecule has 44 heavy (non-hydrogen) atoms. The van der Waals surface area contributed by atoms with Gasteiger partial charge in [-0.3, -0.25) is 34.4 Å². The minimum atomic E-state index is -1.29. The minimum Gasteiger partial charge on any atom is -0.507 e. The molecule has 17 nitrogen and oxygen atoms in total. The van der Waals surface area contributed by atoms with Gasteiger partial charge in [-0.05, 0) is 51.8 Å². The first-order valence-electron chi connectivity index (χ1n) is 14.1. The lowest BCUT2D eigenvalue weighted by Crippen LogP contribution is -2.54. The first kappa shape index (κ1) is 35.9. The second kappa shape index (κ2) is 17.7. The fraction of sp³-hybridized carbons (Fsp3) is 0.556. The van der Waals surface area contributed by atoms with Crippen molar-refractivity contribution in [2.24, 2.45) is 5.73 Å². The van der Waals surface area contributed by atoms with E-state index in [2.05, 4.69) is 21.3 Å². The molecule has 1 saturated heterocycles. The number of hydrogen-bond acceptors (Lipinski definition) is 12. The van der Waals surface area contributed by atoms with Gasteiger partial charge in [-0.15, -0.1) is 0 Å². The van der Waals surface area contributed by atoms with Crippen LogP contribution in [0, 0.1) is 0 Å². The second-order valence-corrected chi connectivity index (χ2v) is 10.2. The van der Waals surface area contributed by atoms with Crippen molar-refractivity contribution in [2.75, 3.05) is 33.3 Å². The van der Waals surface area contributed by atoms with E-state index in [0.717, 1.165) is 0 Å². The van der Waals surface area contributed by atoms with Gasteiger partial charge in [0.2, 0.25) is 23.6 Å². The van der Waals surface area contributed by atoms with Crippen LogP contribution in [0.4, 0.5) is 0 Å². The summed E-state index contributed by atoms with van der Waals surface area (Å²) in [5, 5.41) is 40.6. The van der Waals surface area contributed by atoms with Crippen molar-refractivity contribution in [3.63, 3.8) is 0 Å². The first-order valence-corrected chi connectivity index (χ1v) is 14.1. The molecular weight excluding hydrogens is 582 g/mol. The third-order valence-electron chi connectivity index (χ3n) is 6.79. The van der Waals surface area contributed by atoms with E-state index in [1.165, 1.54) is 31.2 Å². The summed E-state index contributed by atoms with van der Waals surface area (Å²) in [4.78, 5) is 73.4. The summed E-state index contributed by atoms with van der Waals surface area (Å²) in [5.41, 5.74) is 5.63. The van der Waals surface area contributed by atoms with Crippen molar-refractivity contribution in [3.8, 4) is 5.75 Å². The van der Waals surface area contributed by atoms with Gasteiger partial charge in [0.15, 0.2) is 0 Å². The van der Waals surface area contributed by atoms with E-state index in [9.17, 15) is 44.3 Å². The molecule has 0 radical (unpaired) electrons. The number of amides is 5. The Labute approximate surface area is 254 Å². The third-order valence-corrected chi connectivity index (χ3v) is 6.79. The quantitative estimate of drug-likeness (QED) is 0.0564. The lowest BCUT2D eigenvalue weighted by Gasteiger charge is -2.29. The Balaban J connectivity index is 1.65. The molecule has 1 heterocycles. The van der Waals surface area contributed by atoms with E-state index in [1.807, 2.05) is 0 Å². The molecule has 0 aromatic heterocycles. The van der Waals surface area contributed by atoms with E-state index in [-0.39, 0.29) is 50.2 Å². The summed E-state index contributed by atoms with van der Waals surface area (Å²) in [6.45, 7) is 0.851. The Morgan fingerprint density at radius 2 is 1.86 bits per heavy atom. The number of nitrogens with zero attached hydrogens (tertiary/aromatic N) is 2. The molecule has 5 amide bonds. The highest BCUT2D eigenvalue weighted by molar-refractivity contribution is 5.93. The standard InChI is InChI=1S/C27H41N7O10/c1-16(31-24(38)18(28)15-44-27(41)17-7-3-4-10-21(17)35)23(37)30-12-11-22(36)33(42)13-5-8-19(29-2)25(39)32-20-9-6-14-34(43)26(20)40/h3-4,7,10,16,18-20,29,35,42-43H,5-6,8-9,11-15,28H2,1-2H3,(H,30,37)(H,31,38)(H,32,39)/t16-,18+,19?,20-/m0/s1. The van der Waals surface area contributed by atoms with Gasteiger partial charge in [0.1, 0.15) is 36.0 Å². The van der Waals surface area contributed by atoms with Crippen LogP contribution in [0.25, 0.3) is 0 Å². The third kappa shape index (κ3) is 11.1. The van der Waals surface area contributed by atoms with Crippen LogP contribution < -0.4 is 27.0 Å². The highest BCUT2D eigenvalue weighted by Gasteiger charge is 2.31. The van der Waals surface area contributed by atoms with Gasteiger partial charge in [0.05, 0.1) is 6.04 Å². The van der Waals surface area contributed by atoms with Crippen LogP contribution in [0.5, 0.6) is 5.75 Å². The van der Waals surface area contributed by atoms with Gasteiger partial charge in [-0.2, -0.15) is 0 Å². The van der Waals surface area contributed by atoms with Crippen LogP contribution in [0.15, 0.2) is 24.3 Å². The average molecular weight is 624 g/mol. The number of nitrogens with two attached hydrogens (primary N) is 1. The van der Waals surface area contributed by atoms with Crippen LogP contribution in [0.1, 0.15) is 49.4 Å². The maximum atomic E-state index is 12.5. The van der Waals surface area contributed by atoms with Crippen molar-refractivity contribution in [3.05, 3.63) is 29.8 Å². The second-order valence-electron chi connectivity index (χ2n) is 10.2. The predicted molar refractivity (Wildman–Crippen MR) is 152 cm³/mol. The molecule has 1 aliphatic rings. The summed E-state index contributed by atoms with van der Waals surface area (Å²) < 4.78 is 4.95. The van der Waals surface area contributed by atoms with Crippen molar-refractivity contribution in [1.82, 2.24) is 31.4 Å². The Bertz CT molecular complexity index is 1180. The molecule has 4 atom stereocenters. The van der Waals surface area contributed by atoms with Gasteiger partial charge < -0.3 is 36.8 Å². The number of hydrogen-bond donors (Lipinski definition) is 8. The highest BCUT2D eigenvalue weighted by Crippen LogP contribution is 2.16. The number of phenolic OH excluding ortho intramolecular Hbond substituents is 1. The topological polar surface area (TPSA) is 253 Å². The van der Waals surface area contributed by atoms with Gasteiger partial charge in [-0.25, -0.2) is 14.9 Å². The fourth-order valence-corrected chi connectivity index (χ4v) is 4.17. The zero-order valence-electron chi connectivity index (χ0n) is 24.7. The Kier molecular flexibility index (Phi) is 14.4. The van der Waals surface area contributed by atoms with E-state index >= 15 is 0 Å². The molecule has 1 aliphatic heterocycles. The summed E-state index contributed by atoms with van der Waals surface area (Å²) in [6, 6.07) is 1.83. The van der Waals surface area contributed by atoms with Crippen LogP contribution >= 0.6 is 0 Å². The number of aromatic hydroxyl groups is 1. The normalized spacial score (nSPS) is 16.7. The fourth-order valence-electron chi connectivity index (χ4n) is 4.17. The Morgan fingerprint density at radius 1 is 1.16 bits per heavy atom. The maximum Gasteiger partial charge on any atom is 0.341 e. The molecule has 2 rings (SSSR count). The molecule has 0 spiro atoms. The summed E-state index contributed by atoms with van der Waals surface area (Å²) in [5.74, 6) is -4.28. The molecule has 0 saturated carbocycles.